The molecular formula is C22H28N2O2S. The maximum atomic E-state index is 12.8. The Morgan fingerprint density at radius 2 is 2.00 bits per heavy atom. The molecule has 144 valence electrons. The van der Waals surface area contributed by atoms with Crippen molar-refractivity contribution >= 4 is 17.7 Å². The molecule has 0 radical (unpaired) electrons. The van der Waals surface area contributed by atoms with E-state index in [0.29, 0.717) is 6.54 Å². The first-order valence-electron chi connectivity index (χ1n) is 9.56. The molecule has 27 heavy (non-hydrogen) atoms. The van der Waals surface area contributed by atoms with Crippen molar-refractivity contribution in [1.82, 2.24) is 10.2 Å². The second-order valence-electron chi connectivity index (χ2n) is 6.68. The molecule has 4 nitrogen and oxygen atoms in total. The SMILES string of the molecule is CCN(CC)[C@H](CNC(=O)[C@H]1Cc2ccccc2S1)c1cccc(OC)c1. The van der Waals surface area contributed by atoms with E-state index in [9.17, 15) is 4.79 Å². The van der Waals surface area contributed by atoms with Crippen molar-refractivity contribution < 1.29 is 9.53 Å². The van der Waals surface area contributed by atoms with Crippen molar-refractivity contribution in [3.8, 4) is 5.75 Å². The van der Waals surface area contributed by atoms with E-state index in [0.717, 1.165) is 25.3 Å². The number of likely N-dealkylation sites (N-methyl/N-ethyl adjacent to an activating group) is 1. The summed E-state index contributed by atoms with van der Waals surface area (Å²) < 4.78 is 5.39. The van der Waals surface area contributed by atoms with Crippen molar-refractivity contribution in [2.45, 2.75) is 36.5 Å². The summed E-state index contributed by atoms with van der Waals surface area (Å²) in [7, 11) is 1.68. The van der Waals surface area contributed by atoms with Gasteiger partial charge in [0.05, 0.1) is 18.4 Å². The van der Waals surface area contributed by atoms with Gasteiger partial charge in [-0.1, -0.05) is 44.2 Å². The third kappa shape index (κ3) is 4.66. The minimum absolute atomic E-state index is 0.0370. The number of methoxy groups -OCH3 is 1. The third-order valence-electron chi connectivity index (χ3n) is 5.14. The van der Waals surface area contributed by atoms with Crippen LogP contribution >= 0.6 is 11.8 Å². The molecule has 1 amide bonds. The Labute approximate surface area is 166 Å². The number of ether oxygens (including phenoxy) is 1. The molecule has 1 aliphatic rings. The van der Waals surface area contributed by atoms with Gasteiger partial charge < -0.3 is 10.1 Å². The van der Waals surface area contributed by atoms with Gasteiger partial charge in [-0.05, 0) is 48.8 Å². The lowest BCUT2D eigenvalue weighted by Gasteiger charge is -2.30. The molecule has 1 heterocycles. The molecule has 2 aromatic rings. The zero-order valence-electron chi connectivity index (χ0n) is 16.3. The average Bonchev–Trinajstić information content (AvgIpc) is 3.15. The average molecular weight is 385 g/mol. The highest BCUT2D eigenvalue weighted by molar-refractivity contribution is 8.01. The number of carbonyl (C=O) groups is 1. The van der Waals surface area contributed by atoms with Gasteiger partial charge in [0.25, 0.3) is 0 Å². The van der Waals surface area contributed by atoms with Crippen LogP contribution in [0.5, 0.6) is 5.75 Å². The first-order chi connectivity index (χ1) is 13.2. The topological polar surface area (TPSA) is 41.6 Å². The van der Waals surface area contributed by atoms with Crippen molar-refractivity contribution in [3.05, 3.63) is 59.7 Å². The van der Waals surface area contributed by atoms with Crippen LogP contribution in [0.1, 0.15) is 31.0 Å². The van der Waals surface area contributed by atoms with Gasteiger partial charge in [-0.2, -0.15) is 0 Å². The van der Waals surface area contributed by atoms with E-state index in [4.69, 9.17) is 4.74 Å². The summed E-state index contributed by atoms with van der Waals surface area (Å²) in [5.41, 5.74) is 2.44. The fourth-order valence-electron chi connectivity index (χ4n) is 3.61. The first-order valence-corrected chi connectivity index (χ1v) is 10.4. The number of hydrogen-bond donors (Lipinski definition) is 1. The highest BCUT2D eigenvalue weighted by atomic mass is 32.2. The number of nitrogens with zero attached hydrogens (tertiary/aromatic N) is 1. The van der Waals surface area contributed by atoms with Gasteiger partial charge in [-0.25, -0.2) is 0 Å². The van der Waals surface area contributed by atoms with E-state index in [1.54, 1.807) is 18.9 Å². The molecule has 0 unspecified atom stereocenters. The molecule has 0 spiro atoms. The Balaban J connectivity index is 1.68. The number of fused-ring (bicyclic) bond motifs is 1. The standard InChI is InChI=1S/C22H28N2O2S/c1-4-24(5-2)19(16-10-8-11-18(13-16)26-3)15-23-22(25)21-14-17-9-6-7-12-20(17)27-21/h6-13,19,21H,4-5,14-15H2,1-3H3,(H,23,25)/t19-,21-/m1/s1. The second kappa shape index (κ2) is 9.29. The number of carbonyl (C=O) groups excluding carboxylic acids is 1. The van der Waals surface area contributed by atoms with Crippen LogP contribution in [0.15, 0.2) is 53.4 Å². The van der Waals surface area contributed by atoms with E-state index in [1.807, 2.05) is 24.3 Å². The fourth-order valence-corrected chi connectivity index (χ4v) is 4.83. The molecule has 3 rings (SSSR count). The summed E-state index contributed by atoms with van der Waals surface area (Å²) in [4.78, 5) is 16.4. The van der Waals surface area contributed by atoms with E-state index in [2.05, 4.69) is 48.3 Å². The smallest absolute Gasteiger partial charge is 0.233 e. The number of benzene rings is 2. The molecule has 0 fully saturated rings. The number of amides is 1. The second-order valence-corrected chi connectivity index (χ2v) is 7.92. The van der Waals surface area contributed by atoms with E-state index in [1.165, 1.54) is 16.0 Å². The molecule has 2 aromatic carbocycles. The van der Waals surface area contributed by atoms with Gasteiger partial charge in [-0.15, -0.1) is 11.8 Å². The highest BCUT2D eigenvalue weighted by Gasteiger charge is 2.29. The summed E-state index contributed by atoms with van der Waals surface area (Å²) in [6, 6.07) is 16.6. The zero-order valence-corrected chi connectivity index (χ0v) is 17.1. The molecule has 0 aromatic heterocycles. The quantitative estimate of drug-likeness (QED) is 0.749. The Morgan fingerprint density at radius 1 is 1.22 bits per heavy atom. The van der Waals surface area contributed by atoms with Crippen molar-refractivity contribution in [3.63, 3.8) is 0 Å². The predicted molar refractivity (Wildman–Crippen MR) is 111 cm³/mol. The van der Waals surface area contributed by atoms with Gasteiger partial charge >= 0.3 is 0 Å². The van der Waals surface area contributed by atoms with Crippen LogP contribution in [0.25, 0.3) is 0 Å². The Morgan fingerprint density at radius 3 is 2.70 bits per heavy atom. The van der Waals surface area contributed by atoms with Gasteiger partial charge in [0, 0.05) is 11.4 Å². The molecule has 0 saturated carbocycles. The van der Waals surface area contributed by atoms with Crippen LogP contribution in [-0.4, -0.2) is 42.8 Å². The maximum absolute atomic E-state index is 12.8. The minimum atomic E-state index is -0.0370. The summed E-state index contributed by atoms with van der Waals surface area (Å²) in [6.07, 6.45) is 0.807. The molecule has 0 bridgehead atoms. The van der Waals surface area contributed by atoms with Gasteiger partial charge in [-0.3, -0.25) is 9.69 Å². The summed E-state index contributed by atoms with van der Waals surface area (Å²) in [6.45, 7) is 6.76. The molecule has 0 aliphatic carbocycles. The lowest BCUT2D eigenvalue weighted by Crippen LogP contribution is -2.41. The normalized spacial score (nSPS) is 16.8. The van der Waals surface area contributed by atoms with Gasteiger partial charge in [0.15, 0.2) is 0 Å². The Hall–Kier alpha value is -1.98. The van der Waals surface area contributed by atoms with Crippen LogP contribution in [0, 0.1) is 0 Å². The van der Waals surface area contributed by atoms with Crippen molar-refractivity contribution in [1.29, 1.82) is 0 Å². The lowest BCUT2D eigenvalue weighted by molar-refractivity contribution is -0.120. The molecule has 1 aliphatic heterocycles. The summed E-state index contributed by atoms with van der Waals surface area (Å²) in [5.74, 6) is 0.967. The number of hydrogen-bond acceptors (Lipinski definition) is 4. The van der Waals surface area contributed by atoms with Crippen molar-refractivity contribution in [2.24, 2.45) is 0 Å². The van der Waals surface area contributed by atoms with Crippen LogP contribution < -0.4 is 10.1 Å². The van der Waals surface area contributed by atoms with E-state index >= 15 is 0 Å². The van der Waals surface area contributed by atoms with Crippen LogP contribution in [0.2, 0.25) is 0 Å². The molecule has 2 atom stereocenters. The summed E-state index contributed by atoms with van der Waals surface area (Å²) in [5, 5.41) is 3.17. The van der Waals surface area contributed by atoms with Crippen molar-refractivity contribution in [2.75, 3.05) is 26.7 Å². The van der Waals surface area contributed by atoms with Gasteiger partial charge in [0.1, 0.15) is 5.75 Å². The van der Waals surface area contributed by atoms with Gasteiger partial charge in [0.2, 0.25) is 5.91 Å². The number of thioether (sulfide) groups is 1. The molecule has 5 heteroatoms. The first kappa shape index (κ1) is 19.8. The maximum Gasteiger partial charge on any atom is 0.233 e. The largest absolute Gasteiger partial charge is 0.497 e. The zero-order chi connectivity index (χ0) is 19.2. The van der Waals surface area contributed by atoms with E-state index in [-0.39, 0.29) is 17.2 Å². The van der Waals surface area contributed by atoms with Crippen LogP contribution in [0.3, 0.4) is 0 Å². The lowest BCUT2D eigenvalue weighted by atomic mass is 10.0. The fraction of sp³-hybridized carbons (Fsp3) is 0.409. The van der Waals surface area contributed by atoms with Crippen LogP contribution in [0.4, 0.5) is 0 Å². The van der Waals surface area contributed by atoms with E-state index < -0.39 is 0 Å². The minimum Gasteiger partial charge on any atom is -0.497 e. The molecular weight excluding hydrogens is 356 g/mol. The third-order valence-corrected chi connectivity index (χ3v) is 6.46. The molecule has 1 N–H and O–H groups in total. The molecule has 0 saturated heterocycles. The number of rotatable bonds is 8. The number of nitrogens with one attached hydrogen (secondary N) is 1. The highest BCUT2D eigenvalue weighted by Crippen LogP contribution is 2.36. The Kier molecular flexibility index (Phi) is 6.80. The van der Waals surface area contributed by atoms with Crippen LogP contribution in [-0.2, 0) is 11.2 Å². The Bertz CT molecular complexity index is 751. The summed E-state index contributed by atoms with van der Waals surface area (Å²) >= 11 is 1.67. The predicted octanol–water partition coefficient (Wildman–Crippen LogP) is 3.91. The monoisotopic (exact) mass is 384 g/mol.